The van der Waals surface area contributed by atoms with Crippen LogP contribution in [-0.2, 0) is 6.54 Å². The molecule has 0 aliphatic carbocycles. The Labute approximate surface area is 124 Å². The van der Waals surface area contributed by atoms with E-state index in [1.807, 2.05) is 0 Å². The zero-order chi connectivity index (χ0) is 14.8. The molecule has 0 bridgehead atoms. The first kappa shape index (κ1) is 17.2. The summed E-state index contributed by atoms with van der Waals surface area (Å²) in [5, 5.41) is 0. The average molecular weight is 277 g/mol. The number of hydrogen-bond donors (Lipinski definition) is 2. The molecule has 0 spiro atoms. The summed E-state index contributed by atoms with van der Waals surface area (Å²) in [6.45, 7) is 9.26. The second-order valence-electron chi connectivity index (χ2n) is 6.02. The Morgan fingerprint density at radius 1 is 0.900 bits per heavy atom. The molecule has 1 aromatic rings. The van der Waals surface area contributed by atoms with Gasteiger partial charge in [-0.2, -0.15) is 0 Å². The van der Waals surface area contributed by atoms with E-state index in [1.165, 1.54) is 18.4 Å². The quantitative estimate of drug-likeness (QED) is 0.691. The van der Waals surface area contributed by atoms with Crippen molar-refractivity contribution in [2.45, 2.75) is 33.2 Å². The van der Waals surface area contributed by atoms with Crippen molar-refractivity contribution in [1.82, 2.24) is 4.90 Å². The predicted octanol–water partition coefficient (Wildman–Crippen LogP) is 2.46. The molecule has 0 radical (unpaired) electrons. The van der Waals surface area contributed by atoms with E-state index < -0.39 is 0 Å². The summed E-state index contributed by atoms with van der Waals surface area (Å²) in [5.41, 5.74) is 12.8. The molecule has 0 aliphatic rings. The minimum atomic E-state index is 0.597. The smallest absolute Gasteiger partial charge is 0.0233 e. The van der Waals surface area contributed by atoms with Gasteiger partial charge in [-0.05, 0) is 56.4 Å². The maximum absolute atomic E-state index is 5.72. The van der Waals surface area contributed by atoms with Gasteiger partial charge < -0.3 is 11.5 Å². The van der Waals surface area contributed by atoms with Gasteiger partial charge in [0.25, 0.3) is 0 Å². The minimum absolute atomic E-state index is 0.597. The first-order valence-corrected chi connectivity index (χ1v) is 7.82. The van der Waals surface area contributed by atoms with E-state index in [0.717, 1.165) is 32.7 Å². The van der Waals surface area contributed by atoms with Gasteiger partial charge in [-0.25, -0.2) is 0 Å². The summed E-state index contributed by atoms with van der Waals surface area (Å²) in [7, 11) is 0. The average Bonchev–Trinajstić information content (AvgIpc) is 2.50. The number of nitrogens with zero attached hydrogens (tertiary/aromatic N) is 1. The van der Waals surface area contributed by atoms with Gasteiger partial charge in [0.1, 0.15) is 0 Å². The van der Waals surface area contributed by atoms with Gasteiger partial charge in [0.15, 0.2) is 0 Å². The van der Waals surface area contributed by atoms with Crippen molar-refractivity contribution in [3.63, 3.8) is 0 Å². The van der Waals surface area contributed by atoms with Crippen LogP contribution in [0.15, 0.2) is 30.3 Å². The highest BCUT2D eigenvalue weighted by Crippen LogP contribution is 2.10. The summed E-state index contributed by atoms with van der Waals surface area (Å²) in [6, 6.07) is 10.7. The SMILES string of the molecule is CC(CN)CCN(CCC(C)CN)Cc1ccccc1. The Kier molecular flexibility index (Phi) is 8.51. The summed E-state index contributed by atoms with van der Waals surface area (Å²) in [6.07, 6.45) is 2.33. The molecule has 4 N–H and O–H groups in total. The first-order valence-electron chi connectivity index (χ1n) is 7.82. The zero-order valence-corrected chi connectivity index (χ0v) is 13.1. The van der Waals surface area contributed by atoms with Crippen molar-refractivity contribution >= 4 is 0 Å². The Hall–Kier alpha value is -0.900. The Balaban J connectivity index is 2.49. The molecule has 0 saturated carbocycles. The van der Waals surface area contributed by atoms with Crippen molar-refractivity contribution < 1.29 is 0 Å². The van der Waals surface area contributed by atoms with Crippen LogP contribution in [0.5, 0.6) is 0 Å². The largest absolute Gasteiger partial charge is 0.330 e. The number of nitrogens with two attached hydrogens (primary N) is 2. The van der Waals surface area contributed by atoms with Crippen molar-refractivity contribution in [2.75, 3.05) is 26.2 Å². The topological polar surface area (TPSA) is 55.3 Å². The fourth-order valence-electron chi connectivity index (χ4n) is 2.15. The second-order valence-corrected chi connectivity index (χ2v) is 6.02. The molecule has 0 saturated heterocycles. The van der Waals surface area contributed by atoms with E-state index >= 15 is 0 Å². The zero-order valence-electron chi connectivity index (χ0n) is 13.1. The lowest BCUT2D eigenvalue weighted by Gasteiger charge is -2.25. The molecule has 3 nitrogen and oxygen atoms in total. The van der Waals surface area contributed by atoms with Crippen LogP contribution in [0.25, 0.3) is 0 Å². The van der Waals surface area contributed by atoms with Crippen molar-refractivity contribution in [3.8, 4) is 0 Å². The van der Waals surface area contributed by atoms with Crippen LogP contribution in [0, 0.1) is 11.8 Å². The van der Waals surface area contributed by atoms with E-state index in [1.54, 1.807) is 0 Å². The molecule has 0 aliphatic heterocycles. The van der Waals surface area contributed by atoms with Gasteiger partial charge >= 0.3 is 0 Å². The minimum Gasteiger partial charge on any atom is -0.330 e. The standard InChI is InChI=1S/C17H31N3/c1-15(12-18)8-10-20(11-9-16(2)13-19)14-17-6-4-3-5-7-17/h3-7,15-16H,8-14,18-19H2,1-2H3. The predicted molar refractivity (Wildman–Crippen MR) is 87.4 cm³/mol. The molecule has 0 heterocycles. The van der Waals surface area contributed by atoms with Crippen LogP contribution in [0.4, 0.5) is 0 Å². The van der Waals surface area contributed by atoms with Crippen LogP contribution >= 0.6 is 0 Å². The second kappa shape index (κ2) is 9.92. The molecular weight excluding hydrogens is 246 g/mol. The maximum atomic E-state index is 5.72. The van der Waals surface area contributed by atoms with Crippen LogP contribution in [-0.4, -0.2) is 31.1 Å². The summed E-state index contributed by atoms with van der Waals surface area (Å²) < 4.78 is 0. The Bertz CT molecular complexity index is 325. The Morgan fingerprint density at radius 2 is 1.40 bits per heavy atom. The normalized spacial score (nSPS) is 14.4. The van der Waals surface area contributed by atoms with Crippen molar-refractivity contribution in [1.29, 1.82) is 0 Å². The molecule has 0 aromatic heterocycles. The maximum Gasteiger partial charge on any atom is 0.0233 e. The van der Waals surface area contributed by atoms with E-state index in [0.29, 0.717) is 11.8 Å². The lowest BCUT2D eigenvalue weighted by Crippen LogP contribution is -2.29. The van der Waals surface area contributed by atoms with Gasteiger partial charge in [-0.1, -0.05) is 44.2 Å². The van der Waals surface area contributed by atoms with Crippen molar-refractivity contribution in [3.05, 3.63) is 35.9 Å². The number of benzene rings is 1. The monoisotopic (exact) mass is 277 g/mol. The molecule has 20 heavy (non-hydrogen) atoms. The van der Waals surface area contributed by atoms with Gasteiger partial charge in [-0.15, -0.1) is 0 Å². The molecule has 1 rings (SSSR count). The van der Waals surface area contributed by atoms with Crippen LogP contribution in [0.1, 0.15) is 32.3 Å². The van der Waals surface area contributed by atoms with Gasteiger partial charge in [0, 0.05) is 6.54 Å². The van der Waals surface area contributed by atoms with E-state index in [9.17, 15) is 0 Å². The molecular formula is C17H31N3. The van der Waals surface area contributed by atoms with Crippen LogP contribution in [0.2, 0.25) is 0 Å². The molecule has 3 heteroatoms. The third kappa shape index (κ3) is 7.04. The fraction of sp³-hybridized carbons (Fsp3) is 0.647. The number of hydrogen-bond acceptors (Lipinski definition) is 3. The lowest BCUT2D eigenvalue weighted by atomic mass is 10.1. The molecule has 0 amide bonds. The van der Waals surface area contributed by atoms with E-state index in [4.69, 9.17) is 11.5 Å². The highest BCUT2D eigenvalue weighted by atomic mass is 15.1. The third-order valence-electron chi connectivity index (χ3n) is 3.93. The fourth-order valence-corrected chi connectivity index (χ4v) is 2.15. The molecule has 114 valence electrons. The van der Waals surface area contributed by atoms with Gasteiger partial charge in [0.2, 0.25) is 0 Å². The summed E-state index contributed by atoms with van der Waals surface area (Å²) in [4.78, 5) is 2.54. The Morgan fingerprint density at radius 3 is 1.85 bits per heavy atom. The van der Waals surface area contributed by atoms with E-state index in [2.05, 4.69) is 49.1 Å². The highest BCUT2D eigenvalue weighted by Gasteiger charge is 2.10. The highest BCUT2D eigenvalue weighted by molar-refractivity contribution is 5.14. The van der Waals surface area contributed by atoms with Crippen molar-refractivity contribution in [2.24, 2.45) is 23.3 Å². The van der Waals surface area contributed by atoms with Gasteiger partial charge in [0.05, 0.1) is 0 Å². The van der Waals surface area contributed by atoms with Crippen LogP contribution < -0.4 is 11.5 Å². The van der Waals surface area contributed by atoms with Crippen LogP contribution in [0.3, 0.4) is 0 Å². The summed E-state index contributed by atoms with van der Waals surface area (Å²) >= 11 is 0. The van der Waals surface area contributed by atoms with Gasteiger partial charge in [-0.3, -0.25) is 4.90 Å². The molecule has 2 atom stereocenters. The number of rotatable bonds is 10. The molecule has 1 aromatic carbocycles. The summed E-state index contributed by atoms with van der Waals surface area (Å²) in [5.74, 6) is 1.19. The molecule has 2 unspecified atom stereocenters. The third-order valence-corrected chi connectivity index (χ3v) is 3.93. The lowest BCUT2D eigenvalue weighted by molar-refractivity contribution is 0.232. The first-order chi connectivity index (χ1) is 9.65. The molecule has 0 fully saturated rings. The van der Waals surface area contributed by atoms with E-state index in [-0.39, 0.29) is 0 Å².